The molecule has 0 radical (unpaired) electrons. The standard InChI is InChI=1S/C25H31N3O5S/c29-24(26-20-12-14-21(15-13-20)27-16-6-2-7-17-27)19-33-25(30)23-11-5-8-18-28(23)34(31,32)22-9-3-1-4-10-22/h1,3-4,9-10,12-15,23H,2,5-8,11,16-19H2,(H,26,29). The van der Waals surface area contributed by atoms with E-state index in [4.69, 9.17) is 4.74 Å². The summed E-state index contributed by atoms with van der Waals surface area (Å²) in [7, 11) is -3.83. The molecule has 2 aliphatic heterocycles. The van der Waals surface area contributed by atoms with Gasteiger partial charge in [0.05, 0.1) is 4.90 Å². The topological polar surface area (TPSA) is 96.0 Å². The lowest BCUT2D eigenvalue weighted by Gasteiger charge is -2.32. The normalized spacial score (nSPS) is 19.4. The second-order valence-electron chi connectivity index (χ2n) is 8.69. The van der Waals surface area contributed by atoms with Crippen LogP contribution >= 0.6 is 0 Å². The average Bonchev–Trinajstić information content (AvgIpc) is 2.89. The highest BCUT2D eigenvalue weighted by Gasteiger charge is 2.38. The van der Waals surface area contributed by atoms with Gasteiger partial charge in [-0.25, -0.2) is 8.42 Å². The monoisotopic (exact) mass is 485 g/mol. The van der Waals surface area contributed by atoms with E-state index in [0.29, 0.717) is 18.5 Å². The van der Waals surface area contributed by atoms with Crippen LogP contribution in [0.5, 0.6) is 0 Å². The second-order valence-corrected chi connectivity index (χ2v) is 10.6. The maximum absolute atomic E-state index is 13.1. The van der Waals surface area contributed by atoms with E-state index in [1.807, 2.05) is 24.3 Å². The zero-order valence-electron chi connectivity index (χ0n) is 19.2. The van der Waals surface area contributed by atoms with E-state index in [-0.39, 0.29) is 11.4 Å². The highest BCUT2D eigenvalue weighted by molar-refractivity contribution is 7.89. The lowest BCUT2D eigenvalue weighted by Crippen LogP contribution is -2.48. The van der Waals surface area contributed by atoms with Gasteiger partial charge >= 0.3 is 5.97 Å². The number of esters is 1. The van der Waals surface area contributed by atoms with Crippen LogP contribution in [0.2, 0.25) is 0 Å². The van der Waals surface area contributed by atoms with Gasteiger partial charge in [0.1, 0.15) is 6.04 Å². The molecule has 2 aromatic rings. The minimum atomic E-state index is -3.83. The summed E-state index contributed by atoms with van der Waals surface area (Å²) >= 11 is 0. The van der Waals surface area contributed by atoms with Crippen LogP contribution in [0.1, 0.15) is 38.5 Å². The Labute approximate surface area is 200 Å². The number of hydrogen-bond acceptors (Lipinski definition) is 6. The smallest absolute Gasteiger partial charge is 0.324 e. The Morgan fingerprint density at radius 1 is 0.882 bits per heavy atom. The van der Waals surface area contributed by atoms with Gasteiger partial charge in [-0.05, 0) is 74.9 Å². The Balaban J connectivity index is 1.32. The predicted octanol–water partition coefficient (Wildman–Crippen LogP) is 3.40. The zero-order chi connectivity index (χ0) is 24.0. The fraction of sp³-hybridized carbons (Fsp3) is 0.440. The van der Waals surface area contributed by atoms with Crippen LogP contribution in [0.3, 0.4) is 0 Å². The lowest BCUT2D eigenvalue weighted by molar-refractivity contribution is -0.152. The van der Waals surface area contributed by atoms with Crippen molar-refractivity contribution in [2.75, 3.05) is 36.5 Å². The Morgan fingerprint density at radius 3 is 2.26 bits per heavy atom. The summed E-state index contributed by atoms with van der Waals surface area (Å²) in [5.74, 6) is -1.16. The highest BCUT2D eigenvalue weighted by Crippen LogP contribution is 2.26. The average molecular weight is 486 g/mol. The molecule has 2 aromatic carbocycles. The van der Waals surface area contributed by atoms with Crippen LogP contribution < -0.4 is 10.2 Å². The minimum absolute atomic E-state index is 0.139. The number of nitrogens with one attached hydrogen (secondary N) is 1. The van der Waals surface area contributed by atoms with Crippen molar-refractivity contribution in [3.8, 4) is 0 Å². The van der Waals surface area contributed by atoms with Gasteiger partial charge in [-0.1, -0.05) is 18.2 Å². The summed E-state index contributed by atoms with van der Waals surface area (Å²) in [6.07, 6.45) is 5.40. The molecule has 0 aliphatic carbocycles. The minimum Gasteiger partial charge on any atom is -0.454 e. The SMILES string of the molecule is O=C(COC(=O)C1CCCCN1S(=O)(=O)c1ccccc1)Nc1ccc(N2CCCCC2)cc1. The molecular weight excluding hydrogens is 454 g/mol. The summed E-state index contributed by atoms with van der Waals surface area (Å²) < 4.78 is 32.5. The molecule has 2 saturated heterocycles. The van der Waals surface area contributed by atoms with Crippen LogP contribution in [0, 0.1) is 0 Å². The quantitative estimate of drug-likeness (QED) is 0.604. The van der Waals surface area contributed by atoms with Crippen molar-refractivity contribution in [1.29, 1.82) is 0 Å². The molecule has 0 saturated carbocycles. The van der Waals surface area contributed by atoms with E-state index in [9.17, 15) is 18.0 Å². The molecular formula is C25H31N3O5S. The first kappa shape index (κ1) is 24.2. The number of hydrogen-bond donors (Lipinski definition) is 1. The van der Waals surface area contributed by atoms with Crippen LogP contribution in [-0.4, -0.2) is 56.9 Å². The van der Waals surface area contributed by atoms with Gasteiger partial charge < -0.3 is 15.0 Å². The number of rotatable bonds is 7. The summed E-state index contributed by atoms with van der Waals surface area (Å²) in [6.45, 7) is 1.86. The third-order valence-electron chi connectivity index (χ3n) is 6.29. The summed E-state index contributed by atoms with van der Waals surface area (Å²) in [5, 5.41) is 2.73. The summed E-state index contributed by atoms with van der Waals surface area (Å²) in [6, 6.07) is 14.7. The van der Waals surface area contributed by atoms with Crippen LogP contribution in [0.15, 0.2) is 59.5 Å². The largest absolute Gasteiger partial charge is 0.454 e. The number of anilines is 2. The first-order chi connectivity index (χ1) is 16.4. The molecule has 1 unspecified atom stereocenters. The van der Waals surface area contributed by atoms with Gasteiger partial charge in [0.2, 0.25) is 10.0 Å². The van der Waals surface area contributed by atoms with Gasteiger partial charge in [0.15, 0.2) is 6.61 Å². The maximum atomic E-state index is 13.1. The Kier molecular flexibility index (Phi) is 7.84. The van der Waals surface area contributed by atoms with Gasteiger partial charge in [-0.2, -0.15) is 4.31 Å². The molecule has 34 heavy (non-hydrogen) atoms. The lowest BCUT2D eigenvalue weighted by atomic mass is 10.1. The van der Waals surface area contributed by atoms with Gasteiger partial charge in [0, 0.05) is 31.0 Å². The molecule has 1 N–H and O–H groups in total. The molecule has 1 amide bonds. The number of benzene rings is 2. The van der Waals surface area contributed by atoms with Crippen molar-refractivity contribution in [1.82, 2.24) is 4.31 Å². The molecule has 9 heteroatoms. The number of nitrogens with zero attached hydrogens (tertiary/aromatic N) is 2. The van der Waals surface area contributed by atoms with Crippen molar-refractivity contribution >= 4 is 33.3 Å². The molecule has 1 atom stereocenters. The molecule has 2 aliphatic rings. The fourth-order valence-electron chi connectivity index (χ4n) is 4.49. The third kappa shape index (κ3) is 5.77. The van der Waals surface area contributed by atoms with Crippen molar-refractivity contribution < 1.29 is 22.7 Å². The number of piperidine rings is 2. The highest BCUT2D eigenvalue weighted by atomic mass is 32.2. The molecule has 2 heterocycles. The van der Waals surface area contributed by atoms with Crippen molar-refractivity contribution in [2.45, 2.75) is 49.5 Å². The first-order valence-electron chi connectivity index (χ1n) is 11.8. The van der Waals surface area contributed by atoms with E-state index in [1.165, 1.54) is 35.7 Å². The van der Waals surface area contributed by atoms with Gasteiger partial charge in [0.25, 0.3) is 5.91 Å². The number of carbonyl (C=O) groups is 2. The van der Waals surface area contributed by atoms with Gasteiger partial charge in [-0.3, -0.25) is 9.59 Å². The molecule has 0 spiro atoms. The van der Waals surface area contributed by atoms with Crippen LogP contribution in [0.25, 0.3) is 0 Å². The molecule has 4 rings (SSSR count). The van der Waals surface area contributed by atoms with E-state index in [1.54, 1.807) is 18.2 Å². The Hall–Kier alpha value is -2.91. The predicted molar refractivity (Wildman–Crippen MR) is 130 cm³/mol. The molecule has 2 fully saturated rings. The fourth-order valence-corrected chi connectivity index (χ4v) is 6.16. The number of carbonyl (C=O) groups excluding carboxylic acids is 2. The number of ether oxygens (including phenoxy) is 1. The molecule has 0 bridgehead atoms. The van der Waals surface area contributed by atoms with E-state index in [2.05, 4.69) is 10.2 Å². The maximum Gasteiger partial charge on any atom is 0.324 e. The zero-order valence-corrected chi connectivity index (χ0v) is 20.0. The third-order valence-corrected chi connectivity index (χ3v) is 8.22. The number of amides is 1. The summed E-state index contributed by atoms with van der Waals surface area (Å²) in [5.41, 5.74) is 1.74. The second kappa shape index (κ2) is 11.0. The number of sulfonamides is 1. The molecule has 8 nitrogen and oxygen atoms in total. The Bertz CT molecular complexity index is 1080. The van der Waals surface area contributed by atoms with E-state index in [0.717, 1.165) is 25.2 Å². The molecule has 0 aromatic heterocycles. The van der Waals surface area contributed by atoms with Crippen LogP contribution in [-0.2, 0) is 24.3 Å². The Morgan fingerprint density at radius 2 is 1.56 bits per heavy atom. The van der Waals surface area contributed by atoms with Crippen molar-refractivity contribution in [3.05, 3.63) is 54.6 Å². The van der Waals surface area contributed by atoms with Gasteiger partial charge in [-0.15, -0.1) is 0 Å². The first-order valence-corrected chi connectivity index (χ1v) is 13.3. The summed E-state index contributed by atoms with van der Waals surface area (Å²) in [4.78, 5) is 27.6. The van der Waals surface area contributed by atoms with Crippen molar-refractivity contribution in [3.63, 3.8) is 0 Å². The molecule has 182 valence electrons. The van der Waals surface area contributed by atoms with Crippen LogP contribution in [0.4, 0.5) is 11.4 Å². The van der Waals surface area contributed by atoms with Crippen molar-refractivity contribution in [2.24, 2.45) is 0 Å². The van der Waals surface area contributed by atoms with E-state index >= 15 is 0 Å². The van der Waals surface area contributed by atoms with E-state index < -0.39 is 34.5 Å².